The molecule has 0 amide bonds. The molecule has 19 heavy (non-hydrogen) atoms. The van der Waals surface area contributed by atoms with Crippen LogP contribution in [0.4, 0.5) is 0 Å². The lowest BCUT2D eigenvalue weighted by atomic mass is 10.2. The van der Waals surface area contributed by atoms with Gasteiger partial charge in [-0.1, -0.05) is 24.8 Å². The van der Waals surface area contributed by atoms with E-state index in [1.165, 1.54) is 14.2 Å². The fraction of sp³-hybridized carbons (Fsp3) is 0.200. The van der Waals surface area contributed by atoms with E-state index >= 15 is 0 Å². The van der Waals surface area contributed by atoms with Crippen LogP contribution < -0.4 is 10.1 Å². The molecule has 0 aliphatic rings. The van der Waals surface area contributed by atoms with E-state index in [1.54, 1.807) is 17.4 Å². The predicted molar refractivity (Wildman–Crippen MR) is 84.7 cm³/mol. The van der Waals surface area contributed by atoms with E-state index in [0.29, 0.717) is 6.61 Å². The molecule has 0 saturated heterocycles. The number of rotatable bonds is 7. The van der Waals surface area contributed by atoms with Gasteiger partial charge in [0.25, 0.3) is 0 Å². The third kappa shape index (κ3) is 4.82. The lowest BCUT2D eigenvalue weighted by Gasteiger charge is -2.06. The molecule has 1 heterocycles. The van der Waals surface area contributed by atoms with Crippen LogP contribution in [0.2, 0.25) is 0 Å². The van der Waals surface area contributed by atoms with Gasteiger partial charge in [0.2, 0.25) is 0 Å². The first-order chi connectivity index (χ1) is 9.28. The summed E-state index contributed by atoms with van der Waals surface area (Å²) in [7, 11) is 0. The molecule has 0 fully saturated rings. The summed E-state index contributed by atoms with van der Waals surface area (Å²) in [5.41, 5.74) is 1.25. The fourth-order valence-corrected chi connectivity index (χ4v) is 3.09. The molecular formula is C15H16BrNOS. The molecule has 100 valence electrons. The molecule has 0 spiro atoms. The monoisotopic (exact) mass is 337 g/mol. The van der Waals surface area contributed by atoms with Gasteiger partial charge >= 0.3 is 0 Å². The standard InChI is InChI=1S/C15H16BrNOS/c1-2-9-18-13-5-3-12(4-6-13)10-17-11-14-7-8-15(16)19-14/h2-8,17H,1,9-11H2. The maximum Gasteiger partial charge on any atom is 0.119 e. The third-order valence-electron chi connectivity index (χ3n) is 2.55. The molecule has 1 aromatic carbocycles. The van der Waals surface area contributed by atoms with Crippen molar-refractivity contribution in [2.24, 2.45) is 0 Å². The molecule has 0 bridgehead atoms. The van der Waals surface area contributed by atoms with Crippen molar-refractivity contribution in [3.63, 3.8) is 0 Å². The molecule has 4 heteroatoms. The van der Waals surface area contributed by atoms with Crippen LogP contribution in [-0.2, 0) is 13.1 Å². The Morgan fingerprint density at radius 1 is 1.16 bits per heavy atom. The average Bonchev–Trinajstić information content (AvgIpc) is 2.84. The quantitative estimate of drug-likeness (QED) is 0.757. The molecule has 0 radical (unpaired) electrons. The number of ether oxygens (including phenoxy) is 1. The molecule has 1 N–H and O–H groups in total. The van der Waals surface area contributed by atoms with E-state index in [1.807, 2.05) is 12.1 Å². The van der Waals surface area contributed by atoms with Gasteiger partial charge in [0.1, 0.15) is 12.4 Å². The molecule has 2 aromatic rings. The van der Waals surface area contributed by atoms with Gasteiger partial charge in [-0.05, 0) is 45.8 Å². The van der Waals surface area contributed by atoms with Gasteiger partial charge in [0, 0.05) is 18.0 Å². The highest BCUT2D eigenvalue weighted by atomic mass is 79.9. The summed E-state index contributed by atoms with van der Waals surface area (Å²) in [6.45, 7) is 5.93. The van der Waals surface area contributed by atoms with Crippen molar-refractivity contribution in [2.75, 3.05) is 6.61 Å². The van der Waals surface area contributed by atoms with Crippen LogP contribution in [0.3, 0.4) is 0 Å². The molecular weight excluding hydrogens is 322 g/mol. The van der Waals surface area contributed by atoms with Crippen LogP contribution in [-0.4, -0.2) is 6.61 Å². The molecule has 0 atom stereocenters. The Kier molecular flexibility index (Phi) is 5.63. The zero-order chi connectivity index (χ0) is 13.5. The van der Waals surface area contributed by atoms with Crippen molar-refractivity contribution in [1.82, 2.24) is 5.32 Å². The molecule has 0 saturated carbocycles. The van der Waals surface area contributed by atoms with Crippen molar-refractivity contribution >= 4 is 27.3 Å². The van der Waals surface area contributed by atoms with Crippen LogP contribution in [0, 0.1) is 0 Å². The summed E-state index contributed by atoms with van der Waals surface area (Å²) in [4.78, 5) is 1.33. The Labute approximate surface area is 126 Å². The van der Waals surface area contributed by atoms with Crippen molar-refractivity contribution < 1.29 is 4.74 Å². The SMILES string of the molecule is C=CCOc1ccc(CNCc2ccc(Br)s2)cc1. The number of halogens is 1. The Morgan fingerprint density at radius 2 is 1.95 bits per heavy atom. The van der Waals surface area contributed by atoms with Gasteiger partial charge in [-0.15, -0.1) is 11.3 Å². The van der Waals surface area contributed by atoms with Crippen LogP contribution >= 0.6 is 27.3 Å². The van der Waals surface area contributed by atoms with Gasteiger partial charge in [0.15, 0.2) is 0 Å². The highest BCUT2D eigenvalue weighted by molar-refractivity contribution is 9.11. The van der Waals surface area contributed by atoms with Gasteiger partial charge in [-0.2, -0.15) is 0 Å². The van der Waals surface area contributed by atoms with E-state index in [-0.39, 0.29) is 0 Å². The topological polar surface area (TPSA) is 21.3 Å². The van der Waals surface area contributed by atoms with E-state index in [0.717, 1.165) is 18.8 Å². The number of hydrogen-bond acceptors (Lipinski definition) is 3. The lowest BCUT2D eigenvalue weighted by Crippen LogP contribution is -2.11. The van der Waals surface area contributed by atoms with Gasteiger partial charge < -0.3 is 10.1 Å². The normalized spacial score (nSPS) is 10.4. The summed E-state index contributed by atoms with van der Waals surface area (Å²) >= 11 is 5.23. The Balaban J connectivity index is 1.78. The Morgan fingerprint density at radius 3 is 2.58 bits per heavy atom. The fourth-order valence-electron chi connectivity index (χ4n) is 1.64. The second-order valence-electron chi connectivity index (χ2n) is 4.05. The van der Waals surface area contributed by atoms with Crippen molar-refractivity contribution in [1.29, 1.82) is 0 Å². The molecule has 2 nitrogen and oxygen atoms in total. The highest BCUT2D eigenvalue weighted by Crippen LogP contribution is 2.21. The number of benzene rings is 1. The summed E-state index contributed by atoms with van der Waals surface area (Å²) in [6.07, 6.45) is 1.74. The number of nitrogens with one attached hydrogen (secondary N) is 1. The number of thiophene rings is 1. The largest absolute Gasteiger partial charge is 0.490 e. The summed E-state index contributed by atoms with van der Waals surface area (Å²) in [5.74, 6) is 0.880. The van der Waals surface area contributed by atoms with E-state index in [9.17, 15) is 0 Å². The molecule has 0 unspecified atom stereocenters. The minimum absolute atomic E-state index is 0.546. The Bertz CT molecular complexity index is 521. The molecule has 1 aromatic heterocycles. The summed E-state index contributed by atoms with van der Waals surface area (Å²) < 4.78 is 6.62. The van der Waals surface area contributed by atoms with Gasteiger partial charge in [0.05, 0.1) is 3.79 Å². The molecule has 0 aliphatic heterocycles. The smallest absolute Gasteiger partial charge is 0.119 e. The first kappa shape index (κ1) is 14.3. The van der Waals surface area contributed by atoms with Crippen LogP contribution in [0.1, 0.15) is 10.4 Å². The minimum atomic E-state index is 0.546. The van der Waals surface area contributed by atoms with Gasteiger partial charge in [-0.3, -0.25) is 0 Å². The second kappa shape index (κ2) is 7.48. The first-order valence-corrected chi connectivity index (χ1v) is 7.66. The zero-order valence-electron chi connectivity index (χ0n) is 10.6. The van der Waals surface area contributed by atoms with Gasteiger partial charge in [-0.25, -0.2) is 0 Å². The van der Waals surface area contributed by atoms with E-state index in [2.05, 4.69) is 52.1 Å². The van der Waals surface area contributed by atoms with Crippen molar-refractivity contribution in [2.45, 2.75) is 13.1 Å². The average molecular weight is 338 g/mol. The second-order valence-corrected chi connectivity index (χ2v) is 6.60. The van der Waals surface area contributed by atoms with E-state index in [4.69, 9.17) is 4.74 Å². The number of hydrogen-bond donors (Lipinski definition) is 1. The van der Waals surface area contributed by atoms with Crippen LogP contribution in [0.5, 0.6) is 5.75 Å². The van der Waals surface area contributed by atoms with Crippen LogP contribution in [0.25, 0.3) is 0 Å². The minimum Gasteiger partial charge on any atom is -0.490 e. The van der Waals surface area contributed by atoms with Crippen molar-refractivity contribution in [3.05, 3.63) is 63.3 Å². The predicted octanol–water partition coefficient (Wildman–Crippen LogP) is 4.37. The summed E-state index contributed by atoms with van der Waals surface area (Å²) in [5, 5.41) is 3.43. The highest BCUT2D eigenvalue weighted by Gasteiger charge is 1.98. The maximum atomic E-state index is 5.44. The molecule has 2 rings (SSSR count). The zero-order valence-corrected chi connectivity index (χ0v) is 13.0. The maximum absolute atomic E-state index is 5.44. The molecule has 0 aliphatic carbocycles. The first-order valence-electron chi connectivity index (χ1n) is 6.05. The van der Waals surface area contributed by atoms with E-state index < -0.39 is 0 Å². The Hall–Kier alpha value is -1.10. The lowest BCUT2D eigenvalue weighted by molar-refractivity contribution is 0.363. The third-order valence-corrected chi connectivity index (χ3v) is 4.17. The summed E-state index contributed by atoms with van der Waals surface area (Å²) in [6, 6.07) is 12.3. The van der Waals surface area contributed by atoms with Crippen LogP contribution in [0.15, 0.2) is 52.8 Å². The van der Waals surface area contributed by atoms with Crippen molar-refractivity contribution in [3.8, 4) is 5.75 Å².